The van der Waals surface area contributed by atoms with E-state index >= 15 is 0 Å². The van der Waals surface area contributed by atoms with Crippen LogP contribution >= 0.6 is 0 Å². The van der Waals surface area contributed by atoms with Crippen LogP contribution in [-0.4, -0.2) is 113 Å². The van der Waals surface area contributed by atoms with Gasteiger partial charge in [0.1, 0.15) is 23.4 Å². The molecule has 0 aromatic heterocycles. The predicted octanol–water partition coefficient (Wildman–Crippen LogP) is 0.644. The molecule has 0 aromatic carbocycles. The Labute approximate surface area is 277 Å². The van der Waals surface area contributed by atoms with Gasteiger partial charge >= 0.3 is 17.9 Å². The van der Waals surface area contributed by atoms with E-state index in [1.807, 2.05) is 13.8 Å². The highest BCUT2D eigenvalue weighted by atomic mass is 16.7. The van der Waals surface area contributed by atoms with E-state index in [-0.39, 0.29) is 19.6 Å². The minimum absolute atomic E-state index is 0.00280. The summed E-state index contributed by atoms with van der Waals surface area (Å²) >= 11 is 0. The molecule has 0 amide bonds. The fourth-order valence-corrected chi connectivity index (χ4v) is 12.0. The number of carbonyl (C=O) groups is 3. The fraction of sp³-hybridized carbons (Fsp3) is 0.794. The van der Waals surface area contributed by atoms with E-state index in [9.17, 15) is 29.7 Å². The first-order valence-electron chi connectivity index (χ1n) is 16.6. The van der Waals surface area contributed by atoms with Gasteiger partial charge in [0, 0.05) is 52.9 Å². The number of aliphatic hydroxyl groups excluding tert-OH is 1. The molecule has 16 atom stereocenters. The summed E-state index contributed by atoms with van der Waals surface area (Å²) in [6.45, 7) is 9.81. The van der Waals surface area contributed by atoms with Gasteiger partial charge in [-0.15, -0.1) is 0 Å². The number of fused-ring (bicyclic) bond motifs is 7. The molecule has 2 bridgehead atoms. The second kappa shape index (κ2) is 9.59. The van der Waals surface area contributed by atoms with Crippen LogP contribution in [0.3, 0.4) is 0 Å². The standard InChI is InChI=1S/C34H44O14/c1-8-15(2)24(37)46-19-12-18(45-16(3)35)28(4)13-43-21-22(28)31(19)14-44-33(40,26(38)41-7)25(31)29(5,23(21)36)34-20-11-17(30(34,6)48-34)32(39)9-10-42-27(32)47-20/h8-10,17-23,25,27,36,39-40H,11-14H2,1-7H3/b15-8+/t17-,18-,19+,20+,21-,22+,23-,25+,27+,28-,29-,30+,31+,32+,33+,34+/m1/s1. The van der Waals surface area contributed by atoms with Crippen molar-refractivity contribution in [3.63, 3.8) is 0 Å². The van der Waals surface area contributed by atoms with Crippen LogP contribution in [-0.2, 0) is 52.3 Å². The van der Waals surface area contributed by atoms with Crippen LogP contribution in [0.25, 0.3) is 0 Å². The Morgan fingerprint density at radius 2 is 1.75 bits per heavy atom. The van der Waals surface area contributed by atoms with Gasteiger partial charge < -0.3 is 53.2 Å². The average molecular weight is 677 g/mol. The van der Waals surface area contributed by atoms with Crippen molar-refractivity contribution in [2.75, 3.05) is 20.3 Å². The Hall–Kier alpha value is -2.59. The minimum Gasteiger partial charge on any atom is -0.469 e. The second-order valence-electron chi connectivity index (χ2n) is 15.7. The molecular weight excluding hydrogens is 632 g/mol. The zero-order valence-electron chi connectivity index (χ0n) is 28.1. The Balaban J connectivity index is 1.37. The number of rotatable bonds is 5. The number of hydrogen-bond donors (Lipinski definition) is 3. The summed E-state index contributed by atoms with van der Waals surface area (Å²) in [7, 11) is 1.13. The number of esters is 3. The second-order valence-corrected chi connectivity index (χ2v) is 15.7. The van der Waals surface area contributed by atoms with E-state index in [0.717, 1.165) is 7.11 Å². The summed E-state index contributed by atoms with van der Waals surface area (Å²) < 4.78 is 48.9. The molecule has 1 spiro atoms. The molecule has 0 radical (unpaired) electrons. The summed E-state index contributed by atoms with van der Waals surface area (Å²) in [6, 6.07) is 0. The molecule has 7 fully saturated rings. The molecule has 4 saturated heterocycles. The maximum atomic E-state index is 13.8. The molecule has 14 heteroatoms. The maximum Gasteiger partial charge on any atom is 0.366 e. The van der Waals surface area contributed by atoms with Crippen LogP contribution in [0.2, 0.25) is 0 Å². The van der Waals surface area contributed by atoms with Gasteiger partial charge in [0.2, 0.25) is 6.29 Å². The number of epoxide rings is 1. The van der Waals surface area contributed by atoms with Gasteiger partial charge in [-0.25, -0.2) is 9.59 Å². The van der Waals surface area contributed by atoms with E-state index < -0.39 is 111 Å². The summed E-state index contributed by atoms with van der Waals surface area (Å²) in [4.78, 5) is 39.8. The number of carbonyl (C=O) groups excluding carboxylic acids is 3. The SMILES string of the molecule is C/C=C(\C)C(=O)O[C@H]1C[C@@H](OC(C)=O)[C@@]2(C)CO[C@H]3[C@@H](O)[C@@](C)([C@]45O[C@@]4(C)[C@H]4C[C@@H]5O[C@@H]5OC=C[C@@]54O)[C@H]4[C@]1(CO[C@]4(O)C(=O)OC)[C@@H]32. The summed E-state index contributed by atoms with van der Waals surface area (Å²) in [5.74, 6) is -7.58. The molecule has 3 aliphatic carbocycles. The lowest BCUT2D eigenvalue weighted by Crippen LogP contribution is -2.78. The minimum atomic E-state index is -2.66. The highest BCUT2D eigenvalue weighted by Crippen LogP contribution is 2.82. The molecule has 3 N–H and O–H groups in total. The van der Waals surface area contributed by atoms with Gasteiger partial charge in [0.25, 0.3) is 5.79 Å². The molecule has 5 aliphatic heterocycles. The van der Waals surface area contributed by atoms with Crippen molar-refractivity contribution in [3.8, 4) is 0 Å². The number of ether oxygens (including phenoxy) is 8. The van der Waals surface area contributed by atoms with Crippen molar-refractivity contribution in [3.05, 3.63) is 24.0 Å². The highest BCUT2D eigenvalue weighted by molar-refractivity contribution is 5.88. The number of hydrogen-bond acceptors (Lipinski definition) is 14. The number of allylic oxidation sites excluding steroid dienone is 1. The Morgan fingerprint density at radius 3 is 2.42 bits per heavy atom. The van der Waals surface area contributed by atoms with Gasteiger partial charge in [-0.3, -0.25) is 4.79 Å². The van der Waals surface area contributed by atoms with Crippen molar-refractivity contribution >= 4 is 17.9 Å². The Kier molecular flexibility index (Phi) is 6.52. The van der Waals surface area contributed by atoms with E-state index in [2.05, 4.69) is 0 Å². The predicted molar refractivity (Wildman–Crippen MR) is 158 cm³/mol. The quantitative estimate of drug-likeness (QED) is 0.159. The third-order valence-electron chi connectivity index (χ3n) is 14.0. The van der Waals surface area contributed by atoms with Crippen molar-refractivity contribution < 1.29 is 67.6 Å². The van der Waals surface area contributed by atoms with Gasteiger partial charge in [-0.1, -0.05) is 19.9 Å². The van der Waals surface area contributed by atoms with Crippen LogP contribution in [0.5, 0.6) is 0 Å². The molecule has 48 heavy (non-hydrogen) atoms. The van der Waals surface area contributed by atoms with Crippen LogP contribution < -0.4 is 0 Å². The zero-order valence-corrected chi connectivity index (χ0v) is 28.1. The lowest BCUT2D eigenvalue weighted by atomic mass is 9.37. The van der Waals surface area contributed by atoms with Gasteiger partial charge in [-0.05, 0) is 33.3 Å². The van der Waals surface area contributed by atoms with Crippen LogP contribution in [0.1, 0.15) is 54.4 Å². The van der Waals surface area contributed by atoms with E-state index in [0.29, 0.717) is 12.0 Å². The fourth-order valence-electron chi connectivity index (χ4n) is 12.0. The molecule has 0 unspecified atom stereocenters. The molecular formula is C34H44O14. The highest BCUT2D eigenvalue weighted by Gasteiger charge is 2.96. The molecule has 8 rings (SSSR count). The first-order valence-corrected chi connectivity index (χ1v) is 16.6. The van der Waals surface area contributed by atoms with E-state index in [4.69, 9.17) is 37.9 Å². The first-order chi connectivity index (χ1) is 22.5. The third kappa shape index (κ3) is 3.32. The molecule has 8 aliphatic rings. The van der Waals surface area contributed by atoms with Gasteiger partial charge in [0.05, 0.1) is 44.9 Å². The third-order valence-corrected chi connectivity index (χ3v) is 14.0. The maximum absolute atomic E-state index is 13.8. The molecule has 5 heterocycles. The average Bonchev–Trinajstić information content (AvgIpc) is 3.37. The summed E-state index contributed by atoms with van der Waals surface area (Å²) in [6.07, 6.45) is -1.21. The lowest BCUT2D eigenvalue weighted by molar-refractivity contribution is -0.314. The molecule has 0 aromatic rings. The van der Waals surface area contributed by atoms with Crippen LogP contribution in [0, 0.1) is 34.0 Å². The number of methoxy groups -OCH3 is 1. The first kappa shape index (κ1) is 32.6. The van der Waals surface area contributed by atoms with Crippen molar-refractivity contribution in [1.29, 1.82) is 0 Å². The topological polar surface area (TPSA) is 189 Å². The van der Waals surface area contributed by atoms with E-state index in [1.165, 1.54) is 13.2 Å². The molecule has 264 valence electrons. The lowest BCUT2D eigenvalue weighted by Gasteiger charge is -2.66. The van der Waals surface area contributed by atoms with Crippen molar-refractivity contribution in [1.82, 2.24) is 0 Å². The largest absolute Gasteiger partial charge is 0.469 e. The van der Waals surface area contributed by atoms with Gasteiger partial charge in [0.15, 0.2) is 5.60 Å². The normalized spacial score (nSPS) is 56.7. The smallest absolute Gasteiger partial charge is 0.366 e. The zero-order chi connectivity index (χ0) is 34.6. The summed E-state index contributed by atoms with van der Waals surface area (Å²) in [5, 5.41) is 37.2. The Morgan fingerprint density at radius 1 is 1.02 bits per heavy atom. The molecule has 3 saturated carbocycles. The molecule has 14 nitrogen and oxygen atoms in total. The van der Waals surface area contributed by atoms with Gasteiger partial charge in [-0.2, -0.15) is 0 Å². The summed E-state index contributed by atoms with van der Waals surface area (Å²) in [5.41, 5.74) is -7.75. The number of aliphatic hydroxyl groups is 3. The van der Waals surface area contributed by atoms with Crippen LogP contribution in [0.15, 0.2) is 24.0 Å². The van der Waals surface area contributed by atoms with Crippen molar-refractivity contribution in [2.24, 2.45) is 34.0 Å². The Bertz CT molecular complexity index is 1540. The van der Waals surface area contributed by atoms with Crippen LogP contribution in [0.4, 0.5) is 0 Å². The monoisotopic (exact) mass is 676 g/mol. The van der Waals surface area contributed by atoms with E-state index in [1.54, 1.807) is 32.9 Å². The van der Waals surface area contributed by atoms with Crippen molar-refractivity contribution in [2.45, 2.75) is 114 Å².